The Kier molecular flexibility index (Phi) is 5.68. The first-order chi connectivity index (χ1) is 11.2. The average Bonchev–Trinajstić information content (AvgIpc) is 2.59. The van der Waals surface area contributed by atoms with Crippen LogP contribution in [0, 0.1) is 0 Å². The van der Waals surface area contributed by atoms with E-state index in [0.717, 1.165) is 22.8 Å². The largest absolute Gasteiger partial charge is 0.496 e. The van der Waals surface area contributed by atoms with Crippen LogP contribution in [0.25, 0.3) is 10.8 Å². The number of benzene rings is 2. The van der Waals surface area contributed by atoms with Crippen LogP contribution in [0.5, 0.6) is 5.75 Å². The monoisotopic (exact) mass is 313 g/mol. The summed E-state index contributed by atoms with van der Waals surface area (Å²) in [7, 11) is 1.57. The molecule has 2 aromatic carbocycles. The first-order valence-corrected chi connectivity index (χ1v) is 7.34. The molecule has 0 atom stereocenters. The molecule has 0 aliphatic rings. The van der Waals surface area contributed by atoms with Gasteiger partial charge >= 0.3 is 11.8 Å². The number of methoxy groups -OCH3 is 1. The predicted octanol–water partition coefficient (Wildman–Crippen LogP) is 1.82. The fraction of sp³-hybridized carbons (Fsp3) is 0.235. The van der Waals surface area contributed by atoms with E-state index < -0.39 is 11.8 Å². The Morgan fingerprint density at radius 2 is 1.96 bits per heavy atom. The normalized spacial score (nSPS) is 10.7. The van der Waals surface area contributed by atoms with Crippen molar-refractivity contribution in [1.82, 2.24) is 10.7 Å². The summed E-state index contributed by atoms with van der Waals surface area (Å²) >= 11 is 0. The molecule has 0 unspecified atom stereocenters. The zero-order valence-electron chi connectivity index (χ0n) is 13.1. The van der Waals surface area contributed by atoms with Crippen molar-refractivity contribution < 1.29 is 14.3 Å². The maximum absolute atomic E-state index is 11.6. The Bertz CT molecular complexity index is 741. The zero-order chi connectivity index (χ0) is 16.7. The molecule has 23 heavy (non-hydrogen) atoms. The Morgan fingerprint density at radius 1 is 1.17 bits per heavy atom. The molecule has 2 N–H and O–H groups in total. The van der Waals surface area contributed by atoms with E-state index in [2.05, 4.69) is 15.8 Å². The summed E-state index contributed by atoms with van der Waals surface area (Å²) in [5.74, 6) is -0.861. The highest BCUT2D eigenvalue weighted by molar-refractivity contribution is 6.35. The van der Waals surface area contributed by atoms with Gasteiger partial charge < -0.3 is 10.1 Å². The number of hydrogen-bond donors (Lipinski definition) is 2. The quantitative estimate of drug-likeness (QED) is 0.502. The van der Waals surface area contributed by atoms with Crippen molar-refractivity contribution >= 4 is 28.8 Å². The van der Waals surface area contributed by atoms with Gasteiger partial charge in [-0.15, -0.1) is 0 Å². The lowest BCUT2D eigenvalue weighted by Gasteiger charge is -2.08. The van der Waals surface area contributed by atoms with E-state index in [1.165, 1.54) is 6.21 Å². The molecule has 6 heteroatoms. The maximum atomic E-state index is 11.6. The average molecular weight is 313 g/mol. The fourth-order valence-corrected chi connectivity index (χ4v) is 2.11. The summed E-state index contributed by atoms with van der Waals surface area (Å²) < 4.78 is 5.33. The van der Waals surface area contributed by atoms with Crippen molar-refractivity contribution in [3.05, 3.63) is 42.0 Å². The number of nitrogens with zero attached hydrogens (tertiary/aromatic N) is 1. The molecule has 0 saturated carbocycles. The summed E-state index contributed by atoms with van der Waals surface area (Å²) in [6, 6.07) is 11.5. The van der Waals surface area contributed by atoms with Gasteiger partial charge in [-0.25, -0.2) is 5.43 Å². The molecular formula is C17H19N3O3. The van der Waals surface area contributed by atoms with Crippen molar-refractivity contribution in [1.29, 1.82) is 0 Å². The van der Waals surface area contributed by atoms with Crippen LogP contribution in [0.4, 0.5) is 0 Å². The number of amides is 2. The van der Waals surface area contributed by atoms with Crippen molar-refractivity contribution in [3.8, 4) is 5.75 Å². The summed E-state index contributed by atoms with van der Waals surface area (Å²) in [4.78, 5) is 23.0. The molecule has 0 bridgehead atoms. The number of rotatable bonds is 5. The number of carbonyl (C=O) groups excluding carboxylic acids is 2. The maximum Gasteiger partial charge on any atom is 0.329 e. The van der Waals surface area contributed by atoms with Crippen LogP contribution in [0.2, 0.25) is 0 Å². The zero-order valence-corrected chi connectivity index (χ0v) is 13.1. The van der Waals surface area contributed by atoms with Gasteiger partial charge in [-0.2, -0.15) is 5.10 Å². The Labute approximate surface area is 134 Å². The van der Waals surface area contributed by atoms with Crippen LogP contribution < -0.4 is 15.5 Å². The summed E-state index contributed by atoms with van der Waals surface area (Å²) in [6.07, 6.45) is 2.24. The molecule has 2 rings (SSSR count). The van der Waals surface area contributed by atoms with Crippen LogP contribution in [0.1, 0.15) is 18.9 Å². The second-order valence-corrected chi connectivity index (χ2v) is 4.86. The van der Waals surface area contributed by atoms with Crippen molar-refractivity contribution in [3.63, 3.8) is 0 Å². The highest BCUT2D eigenvalue weighted by Crippen LogP contribution is 2.26. The van der Waals surface area contributed by atoms with Crippen molar-refractivity contribution in [2.24, 2.45) is 5.10 Å². The molecule has 0 aliphatic heterocycles. The minimum Gasteiger partial charge on any atom is -0.496 e. The highest BCUT2D eigenvalue weighted by atomic mass is 16.5. The Balaban J connectivity index is 2.17. The van der Waals surface area contributed by atoms with Crippen LogP contribution in [-0.2, 0) is 9.59 Å². The minimum absolute atomic E-state index is 0.452. The Morgan fingerprint density at radius 3 is 2.70 bits per heavy atom. The standard InChI is InChI=1S/C17H19N3O3/c1-3-10-18-16(21)17(22)20-19-11-14-13-7-5-4-6-12(13)8-9-15(14)23-2/h4-9,11H,3,10H2,1-2H3,(H,18,21)(H,20,22)/b19-11-. The molecule has 0 aromatic heterocycles. The van der Waals surface area contributed by atoms with Gasteiger partial charge in [-0.05, 0) is 23.3 Å². The number of ether oxygens (including phenoxy) is 1. The van der Waals surface area contributed by atoms with Gasteiger partial charge in [0.05, 0.1) is 13.3 Å². The molecule has 0 fully saturated rings. The molecular weight excluding hydrogens is 294 g/mol. The van der Waals surface area contributed by atoms with E-state index in [9.17, 15) is 9.59 Å². The molecule has 2 amide bonds. The van der Waals surface area contributed by atoms with Gasteiger partial charge in [-0.1, -0.05) is 37.3 Å². The van der Waals surface area contributed by atoms with Gasteiger partial charge in [0.25, 0.3) is 0 Å². The molecule has 2 aromatic rings. The molecule has 120 valence electrons. The Hall–Kier alpha value is -2.89. The number of carbonyl (C=O) groups is 2. The van der Waals surface area contributed by atoms with Gasteiger partial charge in [-0.3, -0.25) is 9.59 Å². The van der Waals surface area contributed by atoms with Gasteiger partial charge in [0, 0.05) is 12.1 Å². The topological polar surface area (TPSA) is 79.8 Å². The third-order valence-corrected chi connectivity index (χ3v) is 3.25. The van der Waals surface area contributed by atoms with Gasteiger partial charge in [0.2, 0.25) is 0 Å². The summed E-state index contributed by atoms with van der Waals surface area (Å²) in [5.41, 5.74) is 2.95. The predicted molar refractivity (Wildman–Crippen MR) is 89.5 cm³/mol. The molecule has 0 heterocycles. The van der Waals surface area contributed by atoms with Crippen molar-refractivity contribution in [2.45, 2.75) is 13.3 Å². The van der Waals surface area contributed by atoms with Crippen LogP contribution in [0.3, 0.4) is 0 Å². The molecule has 0 saturated heterocycles. The number of hydrazone groups is 1. The van der Waals surface area contributed by atoms with E-state index >= 15 is 0 Å². The molecule has 0 radical (unpaired) electrons. The van der Waals surface area contributed by atoms with E-state index in [-0.39, 0.29) is 0 Å². The lowest BCUT2D eigenvalue weighted by Crippen LogP contribution is -2.38. The van der Waals surface area contributed by atoms with Crippen LogP contribution in [0.15, 0.2) is 41.5 Å². The van der Waals surface area contributed by atoms with E-state index in [1.54, 1.807) is 7.11 Å². The smallest absolute Gasteiger partial charge is 0.329 e. The van der Waals surface area contributed by atoms with Crippen LogP contribution >= 0.6 is 0 Å². The number of fused-ring (bicyclic) bond motifs is 1. The summed E-state index contributed by atoms with van der Waals surface area (Å²) in [6.45, 7) is 2.36. The third-order valence-electron chi connectivity index (χ3n) is 3.25. The summed E-state index contributed by atoms with van der Waals surface area (Å²) in [5, 5.41) is 8.32. The van der Waals surface area contributed by atoms with Crippen molar-refractivity contribution in [2.75, 3.05) is 13.7 Å². The second-order valence-electron chi connectivity index (χ2n) is 4.86. The highest BCUT2D eigenvalue weighted by Gasteiger charge is 2.11. The first kappa shape index (κ1) is 16.5. The lowest BCUT2D eigenvalue weighted by atomic mass is 10.0. The molecule has 6 nitrogen and oxygen atoms in total. The molecule has 0 spiro atoms. The minimum atomic E-state index is -0.797. The molecule has 0 aliphatic carbocycles. The van der Waals surface area contributed by atoms with Crippen LogP contribution in [-0.4, -0.2) is 31.7 Å². The van der Waals surface area contributed by atoms with E-state index in [0.29, 0.717) is 12.3 Å². The van der Waals surface area contributed by atoms with Gasteiger partial charge in [0.15, 0.2) is 0 Å². The number of nitrogens with one attached hydrogen (secondary N) is 2. The SMILES string of the molecule is CCCNC(=O)C(=O)N/N=C\c1c(OC)ccc2ccccc12. The van der Waals surface area contributed by atoms with Gasteiger partial charge in [0.1, 0.15) is 5.75 Å². The third kappa shape index (κ3) is 4.06. The first-order valence-electron chi connectivity index (χ1n) is 7.34. The van der Waals surface area contributed by atoms with E-state index in [1.807, 2.05) is 43.3 Å². The fourth-order valence-electron chi connectivity index (χ4n) is 2.11. The lowest BCUT2D eigenvalue weighted by molar-refractivity contribution is -0.139. The van der Waals surface area contributed by atoms with E-state index in [4.69, 9.17) is 4.74 Å². The number of hydrogen-bond acceptors (Lipinski definition) is 4. The second kappa shape index (κ2) is 7.93.